The van der Waals surface area contributed by atoms with Crippen LogP contribution in [0, 0.1) is 0 Å². The average molecular weight is 674 g/mol. The molecular formula is C32H43N5O7S2. The number of anilines is 1. The van der Waals surface area contributed by atoms with E-state index in [0.717, 1.165) is 75.5 Å². The highest BCUT2D eigenvalue weighted by molar-refractivity contribution is 7.89. The number of nitrogens with one attached hydrogen (secondary N) is 3. The zero-order valence-electron chi connectivity index (χ0n) is 26.4. The van der Waals surface area contributed by atoms with Crippen molar-refractivity contribution < 1.29 is 32.3 Å². The van der Waals surface area contributed by atoms with Gasteiger partial charge in [0.05, 0.1) is 23.6 Å². The number of rotatable bonds is 8. The number of hydrogen-bond donors (Lipinski definition) is 3. The van der Waals surface area contributed by atoms with Crippen molar-refractivity contribution in [1.29, 1.82) is 0 Å². The fourth-order valence-corrected chi connectivity index (χ4v) is 9.95. The first-order valence-corrected chi connectivity index (χ1v) is 18.4. The van der Waals surface area contributed by atoms with E-state index in [1.165, 1.54) is 36.2 Å². The molecule has 0 spiro atoms. The molecule has 250 valence electrons. The van der Waals surface area contributed by atoms with Crippen molar-refractivity contribution in [2.24, 2.45) is 0 Å². The molecule has 1 aromatic heterocycles. The molecule has 0 atom stereocenters. The van der Waals surface area contributed by atoms with Gasteiger partial charge >= 0.3 is 12.1 Å². The summed E-state index contributed by atoms with van der Waals surface area (Å²) in [6.45, 7) is 2.46. The number of sulfonamides is 1. The van der Waals surface area contributed by atoms with E-state index >= 15 is 0 Å². The molecule has 12 nitrogen and oxygen atoms in total. The molecule has 0 bridgehead atoms. The third-order valence-corrected chi connectivity index (χ3v) is 12.2. The molecular weight excluding hydrogens is 631 g/mol. The molecule has 0 radical (unpaired) electrons. The minimum Gasteiger partial charge on any atom is -0.450 e. The molecule has 0 saturated heterocycles. The second kappa shape index (κ2) is 14.9. The molecule has 5 amide bonds. The van der Waals surface area contributed by atoms with Crippen LogP contribution in [0.4, 0.5) is 14.6 Å². The van der Waals surface area contributed by atoms with E-state index in [1.807, 2.05) is 0 Å². The van der Waals surface area contributed by atoms with Gasteiger partial charge in [-0.25, -0.2) is 18.0 Å². The fourth-order valence-electron chi connectivity index (χ4n) is 6.77. The lowest BCUT2D eigenvalue weighted by molar-refractivity contribution is 0.0963. The number of benzene rings is 1. The zero-order valence-corrected chi connectivity index (χ0v) is 28.1. The molecule has 1 aromatic carbocycles. The number of ether oxygens (including phenoxy) is 1. The van der Waals surface area contributed by atoms with Gasteiger partial charge in [-0.15, -0.1) is 11.3 Å². The predicted molar refractivity (Wildman–Crippen MR) is 175 cm³/mol. The Bertz CT molecular complexity index is 1530. The summed E-state index contributed by atoms with van der Waals surface area (Å²) in [7, 11) is -2.39. The molecule has 2 aromatic rings. The van der Waals surface area contributed by atoms with Crippen LogP contribution in [0.3, 0.4) is 0 Å². The van der Waals surface area contributed by atoms with Gasteiger partial charge in [-0.2, -0.15) is 4.31 Å². The van der Waals surface area contributed by atoms with Crippen LogP contribution in [0.15, 0.2) is 29.2 Å². The summed E-state index contributed by atoms with van der Waals surface area (Å²) in [6.07, 6.45) is 9.71. The molecule has 2 heterocycles. The first-order chi connectivity index (χ1) is 22.1. The lowest BCUT2D eigenvalue weighted by atomic mass is 9.91. The van der Waals surface area contributed by atoms with Gasteiger partial charge in [-0.05, 0) is 68.9 Å². The average Bonchev–Trinajstić information content (AvgIpc) is 3.43. The maximum atomic E-state index is 14.1. The normalized spacial score (nSPS) is 17.7. The van der Waals surface area contributed by atoms with E-state index in [4.69, 9.17) is 4.74 Å². The Kier molecular flexibility index (Phi) is 11.0. The van der Waals surface area contributed by atoms with Gasteiger partial charge in [0.1, 0.15) is 5.00 Å². The van der Waals surface area contributed by atoms with Crippen LogP contribution in [0.25, 0.3) is 0 Å². The summed E-state index contributed by atoms with van der Waals surface area (Å²) in [5.41, 5.74) is 1.03. The van der Waals surface area contributed by atoms with Gasteiger partial charge in [-0.3, -0.25) is 14.9 Å². The molecule has 3 N–H and O–H groups in total. The summed E-state index contributed by atoms with van der Waals surface area (Å²) >= 11 is 1.15. The van der Waals surface area contributed by atoms with Gasteiger partial charge in [0.2, 0.25) is 10.0 Å². The molecule has 14 heteroatoms. The number of fused-ring (bicyclic) bond motifs is 1. The largest absolute Gasteiger partial charge is 0.450 e. The molecule has 5 rings (SSSR count). The lowest BCUT2D eigenvalue weighted by Crippen LogP contribution is -2.48. The van der Waals surface area contributed by atoms with Crippen LogP contribution >= 0.6 is 11.3 Å². The standard InChI is InChI=1S/C32H43N5O7S2/c1-3-44-32(41)36-19-18-25-26(20-36)45-30(27(25)29(39)35-31(40)33-2)34-28(38)21-14-16-24(17-15-21)46(42,43)37(22-10-6-4-7-11-22)23-12-8-5-9-13-23/h14-17,22-23H,3-13,18-20H2,1-2H3,(H,34,38)(H2,33,35,39,40). The number of hydrogen-bond acceptors (Lipinski definition) is 8. The predicted octanol–water partition coefficient (Wildman–Crippen LogP) is 5.24. The maximum Gasteiger partial charge on any atom is 0.410 e. The lowest BCUT2D eigenvalue weighted by Gasteiger charge is -2.40. The van der Waals surface area contributed by atoms with Crippen LogP contribution < -0.4 is 16.0 Å². The Morgan fingerprint density at radius 3 is 2.11 bits per heavy atom. The van der Waals surface area contributed by atoms with E-state index < -0.39 is 34.0 Å². The van der Waals surface area contributed by atoms with E-state index in [1.54, 1.807) is 11.2 Å². The molecule has 3 aliphatic rings. The minimum atomic E-state index is -3.78. The third kappa shape index (κ3) is 7.39. The Hall–Kier alpha value is -3.49. The van der Waals surface area contributed by atoms with Crippen LogP contribution in [0.5, 0.6) is 0 Å². The zero-order chi connectivity index (χ0) is 32.8. The quantitative estimate of drug-likeness (QED) is 0.346. The van der Waals surface area contributed by atoms with Crippen molar-refractivity contribution in [1.82, 2.24) is 19.8 Å². The van der Waals surface area contributed by atoms with Crippen LogP contribution in [0.1, 0.15) is 102 Å². The monoisotopic (exact) mass is 673 g/mol. The SMILES string of the molecule is CCOC(=O)N1CCc2c(sc(NC(=O)c3ccc(S(=O)(=O)N(C4CCCCC4)C4CCCCC4)cc3)c2C(=O)NC(=O)NC)C1. The summed E-state index contributed by atoms with van der Waals surface area (Å²) < 4.78 is 35.1. The fraction of sp³-hybridized carbons (Fsp3) is 0.562. The van der Waals surface area contributed by atoms with E-state index in [9.17, 15) is 27.6 Å². The summed E-state index contributed by atoms with van der Waals surface area (Å²) in [5.74, 6) is -1.21. The summed E-state index contributed by atoms with van der Waals surface area (Å²) in [6, 6.07) is 5.24. The number of carbonyl (C=O) groups is 4. The van der Waals surface area contributed by atoms with Crippen molar-refractivity contribution in [3.8, 4) is 0 Å². The highest BCUT2D eigenvalue weighted by Crippen LogP contribution is 2.38. The maximum absolute atomic E-state index is 14.1. The number of thiophene rings is 1. The third-order valence-electron chi connectivity index (χ3n) is 9.05. The van der Waals surface area contributed by atoms with E-state index in [0.29, 0.717) is 23.4 Å². The molecule has 0 unspecified atom stereocenters. The minimum absolute atomic E-state index is 0.00574. The molecule has 2 aliphatic carbocycles. The van der Waals surface area contributed by atoms with Gasteiger partial charge in [0.25, 0.3) is 11.8 Å². The van der Waals surface area contributed by atoms with Crippen molar-refractivity contribution in [2.75, 3.05) is 25.5 Å². The molecule has 46 heavy (non-hydrogen) atoms. The first kappa shape index (κ1) is 33.9. The molecule has 1 aliphatic heterocycles. The smallest absolute Gasteiger partial charge is 0.410 e. The van der Waals surface area contributed by atoms with Crippen molar-refractivity contribution in [2.45, 2.75) is 101 Å². The first-order valence-electron chi connectivity index (χ1n) is 16.2. The van der Waals surface area contributed by atoms with Gasteiger partial charge in [-0.1, -0.05) is 38.5 Å². The van der Waals surface area contributed by atoms with Crippen LogP contribution in [-0.2, 0) is 27.7 Å². The highest BCUT2D eigenvalue weighted by Gasteiger charge is 2.38. The van der Waals surface area contributed by atoms with Crippen molar-refractivity contribution in [3.05, 3.63) is 45.8 Å². The Morgan fingerprint density at radius 1 is 0.935 bits per heavy atom. The summed E-state index contributed by atoms with van der Waals surface area (Å²) in [4.78, 5) is 53.4. The van der Waals surface area contributed by atoms with Crippen molar-refractivity contribution >= 4 is 50.3 Å². The second-order valence-corrected chi connectivity index (χ2v) is 15.0. The Morgan fingerprint density at radius 2 is 1.54 bits per heavy atom. The topological polar surface area (TPSA) is 154 Å². The Labute approximate surface area is 274 Å². The second-order valence-electron chi connectivity index (χ2n) is 12.0. The van der Waals surface area contributed by atoms with Gasteiger partial charge in [0, 0.05) is 36.1 Å². The summed E-state index contributed by atoms with van der Waals surface area (Å²) in [5, 5.41) is 7.66. The highest BCUT2D eigenvalue weighted by atomic mass is 32.2. The number of urea groups is 1. The molecule has 2 saturated carbocycles. The van der Waals surface area contributed by atoms with Gasteiger partial charge in [0.15, 0.2) is 0 Å². The van der Waals surface area contributed by atoms with Crippen LogP contribution in [0.2, 0.25) is 0 Å². The number of imide groups is 1. The van der Waals surface area contributed by atoms with Crippen LogP contribution in [-0.4, -0.2) is 73.8 Å². The molecule has 2 fully saturated rings. The van der Waals surface area contributed by atoms with E-state index in [2.05, 4.69) is 16.0 Å². The number of carbonyl (C=O) groups excluding carboxylic acids is 4. The Balaban J connectivity index is 1.38. The number of nitrogens with zero attached hydrogens (tertiary/aromatic N) is 2. The number of amides is 5. The van der Waals surface area contributed by atoms with Crippen molar-refractivity contribution in [3.63, 3.8) is 0 Å². The van der Waals surface area contributed by atoms with E-state index in [-0.39, 0.29) is 46.3 Å². The van der Waals surface area contributed by atoms with Gasteiger partial charge < -0.3 is 20.3 Å².